The van der Waals surface area contributed by atoms with Gasteiger partial charge in [-0.25, -0.2) is 9.67 Å². The Morgan fingerprint density at radius 1 is 1.40 bits per heavy atom. The summed E-state index contributed by atoms with van der Waals surface area (Å²) in [6.07, 6.45) is 3.10. The van der Waals surface area contributed by atoms with Crippen molar-refractivity contribution in [2.75, 3.05) is 13.6 Å². The summed E-state index contributed by atoms with van der Waals surface area (Å²) >= 11 is 0. The standard InChI is InChI=1S/C13H16N4O3/c1-8(2)17-12-9(6-15-17)4-10(5-14-12)13(20)16(3)7-11(18)19/h4-6,8H,7H2,1-3H3,(H,18,19). The van der Waals surface area contributed by atoms with E-state index in [0.29, 0.717) is 11.2 Å². The van der Waals surface area contributed by atoms with Gasteiger partial charge >= 0.3 is 5.97 Å². The largest absolute Gasteiger partial charge is 0.480 e. The van der Waals surface area contributed by atoms with Gasteiger partial charge in [0.05, 0.1) is 11.8 Å². The van der Waals surface area contributed by atoms with Crippen LogP contribution in [0.25, 0.3) is 11.0 Å². The first-order chi connectivity index (χ1) is 9.40. The summed E-state index contributed by atoms with van der Waals surface area (Å²) in [4.78, 5) is 28.1. The molecule has 0 aliphatic heterocycles. The fourth-order valence-corrected chi connectivity index (χ4v) is 1.93. The van der Waals surface area contributed by atoms with Crippen molar-refractivity contribution in [2.24, 2.45) is 0 Å². The van der Waals surface area contributed by atoms with Crippen LogP contribution in [0.1, 0.15) is 30.2 Å². The predicted octanol–water partition coefficient (Wildman–Crippen LogP) is 1.17. The molecule has 0 saturated carbocycles. The molecule has 2 heterocycles. The van der Waals surface area contributed by atoms with E-state index < -0.39 is 5.97 Å². The van der Waals surface area contributed by atoms with Crippen LogP contribution < -0.4 is 0 Å². The highest BCUT2D eigenvalue weighted by Gasteiger charge is 2.16. The Labute approximate surface area is 115 Å². The van der Waals surface area contributed by atoms with Crippen LogP contribution in [-0.2, 0) is 4.79 Å². The van der Waals surface area contributed by atoms with E-state index >= 15 is 0 Å². The zero-order valence-electron chi connectivity index (χ0n) is 11.6. The third-order valence-corrected chi connectivity index (χ3v) is 2.89. The number of carboxylic acid groups (broad SMARTS) is 1. The van der Waals surface area contributed by atoms with Crippen molar-refractivity contribution in [2.45, 2.75) is 19.9 Å². The van der Waals surface area contributed by atoms with E-state index in [1.165, 1.54) is 13.2 Å². The number of carboxylic acids is 1. The number of fused-ring (bicyclic) bond motifs is 1. The average Bonchev–Trinajstić information content (AvgIpc) is 2.79. The van der Waals surface area contributed by atoms with Crippen molar-refractivity contribution in [3.05, 3.63) is 24.0 Å². The van der Waals surface area contributed by atoms with Crippen LogP contribution in [0.5, 0.6) is 0 Å². The van der Waals surface area contributed by atoms with Crippen molar-refractivity contribution in [3.63, 3.8) is 0 Å². The van der Waals surface area contributed by atoms with Gasteiger partial charge in [-0.2, -0.15) is 5.10 Å². The number of carbonyl (C=O) groups excluding carboxylic acids is 1. The second-order valence-corrected chi connectivity index (χ2v) is 4.87. The van der Waals surface area contributed by atoms with Crippen molar-refractivity contribution in [1.29, 1.82) is 0 Å². The normalized spacial score (nSPS) is 11.0. The lowest BCUT2D eigenvalue weighted by Gasteiger charge is -2.14. The van der Waals surface area contributed by atoms with Gasteiger partial charge in [0.25, 0.3) is 5.91 Å². The first-order valence-corrected chi connectivity index (χ1v) is 6.20. The number of hydrogen-bond acceptors (Lipinski definition) is 4. The molecular formula is C13H16N4O3. The maximum atomic E-state index is 12.1. The molecule has 0 spiro atoms. The zero-order chi connectivity index (χ0) is 14.9. The Balaban J connectivity index is 2.33. The Morgan fingerprint density at radius 3 is 2.70 bits per heavy atom. The smallest absolute Gasteiger partial charge is 0.323 e. The summed E-state index contributed by atoms with van der Waals surface area (Å²) in [5.74, 6) is -1.43. The fourth-order valence-electron chi connectivity index (χ4n) is 1.93. The summed E-state index contributed by atoms with van der Waals surface area (Å²) < 4.78 is 1.77. The molecular weight excluding hydrogens is 260 g/mol. The predicted molar refractivity (Wildman–Crippen MR) is 72.5 cm³/mol. The van der Waals surface area contributed by atoms with E-state index in [2.05, 4.69) is 10.1 Å². The Hall–Kier alpha value is -2.44. The van der Waals surface area contributed by atoms with Gasteiger partial charge in [-0.15, -0.1) is 0 Å². The molecule has 2 rings (SSSR count). The van der Waals surface area contributed by atoms with Gasteiger partial charge in [-0.05, 0) is 19.9 Å². The molecule has 0 saturated heterocycles. The van der Waals surface area contributed by atoms with E-state index in [1.807, 2.05) is 13.8 Å². The first kappa shape index (κ1) is 14.0. The lowest BCUT2D eigenvalue weighted by atomic mass is 10.2. The van der Waals surface area contributed by atoms with E-state index in [9.17, 15) is 9.59 Å². The number of likely N-dealkylation sites (N-methyl/N-ethyl adjacent to an activating group) is 1. The van der Waals surface area contributed by atoms with Crippen LogP contribution in [-0.4, -0.2) is 50.2 Å². The quantitative estimate of drug-likeness (QED) is 0.905. The van der Waals surface area contributed by atoms with Gasteiger partial charge in [0.1, 0.15) is 6.54 Å². The topological polar surface area (TPSA) is 88.3 Å². The third-order valence-electron chi connectivity index (χ3n) is 2.89. The highest BCUT2D eigenvalue weighted by atomic mass is 16.4. The van der Waals surface area contributed by atoms with Crippen LogP contribution in [0, 0.1) is 0 Å². The van der Waals surface area contributed by atoms with E-state index in [-0.39, 0.29) is 18.5 Å². The van der Waals surface area contributed by atoms with Crippen molar-refractivity contribution >= 4 is 22.9 Å². The molecule has 0 atom stereocenters. The molecule has 0 radical (unpaired) electrons. The van der Waals surface area contributed by atoms with Crippen molar-refractivity contribution < 1.29 is 14.7 Å². The lowest BCUT2D eigenvalue weighted by Crippen LogP contribution is -2.31. The number of pyridine rings is 1. The van der Waals surface area contributed by atoms with Crippen LogP contribution in [0.3, 0.4) is 0 Å². The number of aromatic nitrogens is 3. The number of rotatable bonds is 4. The van der Waals surface area contributed by atoms with E-state index in [0.717, 1.165) is 10.3 Å². The van der Waals surface area contributed by atoms with E-state index in [4.69, 9.17) is 5.11 Å². The van der Waals surface area contributed by atoms with Gasteiger partial charge in [-0.3, -0.25) is 9.59 Å². The molecule has 7 heteroatoms. The average molecular weight is 276 g/mol. The monoisotopic (exact) mass is 276 g/mol. The van der Waals surface area contributed by atoms with Crippen molar-refractivity contribution in [3.8, 4) is 0 Å². The second-order valence-electron chi connectivity index (χ2n) is 4.87. The minimum Gasteiger partial charge on any atom is -0.480 e. The molecule has 0 bridgehead atoms. The molecule has 106 valence electrons. The molecule has 0 fully saturated rings. The molecule has 1 amide bonds. The second kappa shape index (κ2) is 5.28. The molecule has 0 aliphatic carbocycles. The van der Waals surface area contributed by atoms with Gasteiger partial charge in [0.15, 0.2) is 5.65 Å². The van der Waals surface area contributed by atoms with Crippen molar-refractivity contribution in [1.82, 2.24) is 19.7 Å². The molecule has 20 heavy (non-hydrogen) atoms. The van der Waals surface area contributed by atoms with Crippen LogP contribution in [0.4, 0.5) is 0 Å². The number of nitrogens with zero attached hydrogens (tertiary/aromatic N) is 4. The first-order valence-electron chi connectivity index (χ1n) is 6.20. The van der Waals surface area contributed by atoms with Gasteiger partial charge in [0, 0.05) is 24.7 Å². The SMILES string of the molecule is CC(C)n1ncc2cc(C(=O)N(C)CC(=O)O)cnc21. The molecule has 2 aromatic heterocycles. The number of aliphatic carboxylic acids is 1. The number of hydrogen-bond donors (Lipinski definition) is 1. The molecule has 0 unspecified atom stereocenters. The molecule has 0 aliphatic rings. The van der Waals surface area contributed by atoms with Gasteiger partial charge in [-0.1, -0.05) is 0 Å². The summed E-state index contributed by atoms with van der Waals surface area (Å²) in [5.41, 5.74) is 1.06. The molecule has 7 nitrogen and oxygen atoms in total. The summed E-state index contributed by atoms with van der Waals surface area (Å²) in [7, 11) is 1.44. The Morgan fingerprint density at radius 2 is 2.10 bits per heavy atom. The Kier molecular flexibility index (Phi) is 3.69. The minimum atomic E-state index is -1.05. The minimum absolute atomic E-state index is 0.177. The van der Waals surface area contributed by atoms with Crippen LogP contribution >= 0.6 is 0 Å². The molecule has 1 N–H and O–H groups in total. The molecule has 2 aromatic rings. The molecule has 0 aromatic carbocycles. The van der Waals surface area contributed by atoms with Gasteiger partial charge < -0.3 is 10.0 Å². The van der Waals surface area contributed by atoms with E-state index in [1.54, 1.807) is 16.9 Å². The summed E-state index contributed by atoms with van der Waals surface area (Å²) in [6, 6.07) is 1.85. The number of carbonyl (C=O) groups is 2. The Bertz CT molecular complexity index is 663. The van der Waals surface area contributed by atoms with Crippen LogP contribution in [0.2, 0.25) is 0 Å². The maximum Gasteiger partial charge on any atom is 0.323 e. The maximum absolute atomic E-state index is 12.1. The highest BCUT2D eigenvalue weighted by molar-refractivity contribution is 5.97. The number of amides is 1. The summed E-state index contributed by atoms with van der Waals surface area (Å²) in [5, 5.41) is 13.7. The summed E-state index contributed by atoms with van der Waals surface area (Å²) in [6.45, 7) is 3.64. The zero-order valence-corrected chi connectivity index (χ0v) is 11.6. The third kappa shape index (κ3) is 2.61. The fraction of sp³-hybridized carbons (Fsp3) is 0.385. The van der Waals surface area contributed by atoms with Crippen LogP contribution in [0.15, 0.2) is 18.5 Å². The lowest BCUT2D eigenvalue weighted by molar-refractivity contribution is -0.137. The highest BCUT2D eigenvalue weighted by Crippen LogP contribution is 2.17. The van der Waals surface area contributed by atoms with Gasteiger partial charge in [0.2, 0.25) is 0 Å².